The first kappa shape index (κ1) is 16.0. The topological polar surface area (TPSA) is 46.3 Å². The van der Waals surface area contributed by atoms with Gasteiger partial charge in [-0.1, -0.05) is 36.8 Å². The largest absolute Gasteiger partial charge is 0.339 e. The zero-order chi connectivity index (χ0) is 15.2. The van der Waals surface area contributed by atoms with Gasteiger partial charge >= 0.3 is 0 Å². The lowest BCUT2D eigenvalue weighted by Gasteiger charge is -2.36. The van der Waals surface area contributed by atoms with E-state index >= 15 is 0 Å². The van der Waals surface area contributed by atoms with Gasteiger partial charge in [0.05, 0.1) is 6.42 Å². The van der Waals surface area contributed by atoms with Crippen molar-refractivity contribution in [1.82, 2.24) is 4.90 Å². The van der Waals surface area contributed by atoms with Crippen LogP contribution in [0.3, 0.4) is 0 Å². The van der Waals surface area contributed by atoms with Crippen molar-refractivity contribution in [3.63, 3.8) is 0 Å². The summed E-state index contributed by atoms with van der Waals surface area (Å²) in [4.78, 5) is 14.8. The van der Waals surface area contributed by atoms with Crippen LogP contribution in [0.25, 0.3) is 0 Å². The number of rotatable bonds is 5. The lowest BCUT2D eigenvalue weighted by Crippen LogP contribution is -2.45. The molecule has 0 bridgehead atoms. The lowest BCUT2D eigenvalue weighted by molar-refractivity contribution is -0.133. The Hall–Kier alpha value is -1.35. The van der Waals surface area contributed by atoms with Crippen LogP contribution in [-0.2, 0) is 11.2 Å². The molecule has 3 nitrogen and oxygen atoms in total. The minimum absolute atomic E-state index is 0.267. The smallest absolute Gasteiger partial charge is 0.227 e. The Morgan fingerprint density at radius 3 is 2.62 bits per heavy atom. The number of carbonyl (C=O) groups is 1. The number of hydrogen-bond acceptors (Lipinski definition) is 2. The highest BCUT2D eigenvalue weighted by Gasteiger charge is 2.27. The summed E-state index contributed by atoms with van der Waals surface area (Å²) in [6.07, 6.45) is 5.74. The van der Waals surface area contributed by atoms with E-state index in [9.17, 15) is 4.79 Å². The van der Waals surface area contributed by atoms with Crippen LogP contribution in [0.1, 0.15) is 50.2 Å². The van der Waals surface area contributed by atoms with Crippen LogP contribution >= 0.6 is 0 Å². The highest BCUT2D eigenvalue weighted by molar-refractivity contribution is 5.79. The molecule has 0 spiro atoms. The van der Waals surface area contributed by atoms with E-state index in [-0.39, 0.29) is 5.91 Å². The van der Waals surface area contributed by atoms with Gasteiger partial charge in [-0.15, -0.1) is 0 Å². The minimum Gasteiger partial charge on any atom is -0.339 e. The number of nitrogens with two attached hydrogens (primary N) is 1. The van der Waals surface area contributed by atoms with Gasteiger partial charge in [-0.2, -0.15) is 0 Å². The van der Waals surface area contributed by atoms with Crippen LogP contribution < -0.4 is 5.73 Å². The molecule has 116 valence electrons. The fourth-order valence-corrected chi connectivity index (χ4v) is 3.26. The Kier molecular flexibility index (Phi) is 5.80. The number of nitrogens with zero attached hydrogens (tertiary/aromatic N) is 1. The Balaban J connectivity index is 2.01. The molecule has 1 saturated carbocycles. The van der Waals surface area contributed by atoms with Crippen LogP contribution in [0.5, 0.6) is 0 Å². The summed E-state index contributed by atoms with van der Waals surface area (Å²) < 4.78 is 0. The maximum absolute atomic E-state index is 12.7. The number of amides is 1. The highest BCUT2D eigenvalue weighted by atomic mass is 16.2. The quantitative estimate of drug-likeness (QED) is 0.905. The van der Waals surface area contributed by atoms with Crippen molar-refractivity contribution < 1.29 is 4.79 Å². The molecule has 3 heteroatoms. The van der Waals surface area contributed by atoms with E-state index in [1.165, 1.54) is 5.56 Å². The summed E-state index contributed by atoms with van der Waals surface area (Å²) in [6, 6.07) is 8.98. The average molecular weight is 288 g/mol. The molecule has 0 unspecified atom stereocenters. The van der Waals surface area contributed by atoms with Crippen molar-refractivity contribution >= 4 is 5.91 Å². The molecule has 0 atom stereocenters. The van der Waals surface area contributed by atoms with Crippen LogP contribution in [0, 0.1) is 6.92 Å². The fourth-order valence-electron chi connectivity index (χ4n) is 3.26. The molecular weight excluding hydrogens is 260 g/mol. The van der Waals surface area contributed by atoms with E-state index in [2.05, 4.69) is 30.9 Å². The predicted molar refractivity (Wildman–Crippen MR) is 87.1 cm³/mol. The van der Waals surface area contributed by atoms with Crippen molar-refractivity contribution in [2.24, 2.45) is 5.73 Å². The molecule has 1 aromatic carbocycles. The van der Waals surface area contributed by atoms with Gasteiger partial charge in [0.1, 0.15) is 0 Å². The van der Waals surface area contributed by atoms with Crippen molar-refractivity contribution in [2.75, 3.05) is 6.54 Å². The summed E-state index contributed by atoms with van der Waals surface area (Å²) in [6.45, 7) is 5.08. The molecule has 0 heterocycles. The summed E-state index contributed by atoms with van der Waals surface area (Å²) in [7, 11) is 0. The zero-order valence-electron chi connectivity index (χ0n) is 13.3. The average Bonchev–Trinajstić information content (AvgIpc) is 2.46. The summed E-state index contributed by atoms with van der Waals surface area (Å²) >= 11 is 0. The van der Waals surface area contributed by atoms with Crippen LogP contribution in [0.15, 0.2) is 24.3 Å². The molecule has 1 fully saturated rings. The van der Waals surface area contributed by atoms with E-state index in [0.717, 1.165) is 44.2 Å². The maximum atomic E-state index is 12.7. The summed E-state index contributed by atoms with van der Waals surface area (Å²) in [5.74, 6) is 0.267. The van der Waals surface area contributed by atoms with E-state index in [0.29, 0.717) is 18.5 Å². The van der Waals surface area contributed by atoms with Gasteiger partial charge in [0.15, 0.2) is 0 Å². The first-order valence-electron chi connectivity index (χ1n) is 8.20. The Morgan fingerprint density at radius 1 is 1.29 bits per heavy atom. The molecule has 0 aliphatic heterocycles. The third-order valence-electron chi connectivity index (χ3n) is 4.40. The molecule has 1 aliphatic carbocycles. The molecule has 0 radical (unpaired) electrons. The number of benzene rings is 1. The van der Waals surface area contributed by atoms with Crippen molar-refractivity contribution in [1.29, 1.82) is 0 Å². The molecule has 2 N–H and O–H groups in total. The first-order valence-corrected chi connectivity index (χ1v) is 8.20. The summed E-state index contributed by atoms with van der Waals surface area (Å²) in [5, 5.41) is 0. The van der Waals surface area contributed by atoms with Crippen molar-refractivity contribution in [2.45, 2.75) is 64.5 Å². The third-order valence-corrected chi connectivity index (χ3v) is 4.40. The second kappa shape index (κ2) is 7.60. The molecule has 21 heavy (non-hydrogen) atoms. The Labute approximate surface area is 128 Å². The number of carbonyl (C=O) groups excluding carboxylic acids is 1. The van der Waals surface area contributed by atoms with Crippen LogP contribution in [-0.4, -0.2) is 29.4 Å². The monoisotopic (exact) mass is 288 g/mol. The van der Waals surface area contributed by atoms with Gasteiger partial charge in [-0.25, -0.2) is 0 Å². The van der Waals surface area contributed by atoms with E-state index in [1.807, 2.05) is 12.1 Å². The number of aryl methyl sites for hydroxylation is 1. The molecular formula is C18H28N2O. The second-order valence-corrected chi connectivity index (χ2v) is 6.32. The van der Waals surface area contributed by atoms with Crippen LogP contribution in [0.2, 0.25) is 0 Å². The molecule has 2 rings (SSSR count). The predicted octanol–water partition coefficient (Wildman–Crippen LogP) is 3.05. The molecule has 1 amide bonds. The molecule has 1 aromatic rings. The standard InChI is InChI=1S/C18H28N2O/c1-3-11-20(17-9-7-16(19)8-10-17)18(21)13-15-6-4-5-14(2)12-15/h4-6,12,16-17H,3,7-11,13,19H2,1-2H3. The van der Waals surface area contributed by atoms with E-state index in [1.54, 1.807) is 0 Å². The second-order valence-electron chi connectivity index (χ2n) is 6.32. The fraction of sp³-hybridized carbons (Fsp3) is 0.611. The van der Waals surface area contributed by atoms with Gasteiger partial charge < -0.3 is 10.6 Å². The lowest BCUT2D eigenvalue weighted by atomic mass is 9.90. The van der Waals surface area contributed by atoms with E-state index in [4.69, 9.17) is 5.73 Å². The molecule has 0 aromatic heterocycles. The third kappa shape index (κ3) is 4.57. The van der Waals surface area contributed by atoms with Gasteiger partial charge in [0.25, 0.3) is 0 Å². The summed E-state index contributed by atoms with van der Waals surface area (Å²) in [5.41, 5.74) is 8.32. The van der Waals surface area contributed by atoms with Gasteiger partial charge in [0, 0.05) is 18.6 Å². The van der Waals surface area contributed by atoms with Crippen molar-refractivity contribution in [3.05, 3.63) is 35.4 Å². The van der Waals surface area contributed by atoms with Gasteiger partial charge in [-0.05, 0) is 44.6 Å². The Morgan fingerprint density at radius 2 is 2.00 bits per heavy atom. The number of hydrogen-bond donors (Lipinski definition) is 1. The molecule has 1 aliphatic rings. The first-order chi connectivity index (χ1) is 10.1. The van der Waals surface area contributed by atoms with Crippen LogP contribution in [0.4, 0.5) is 0 Å². The maximum Gasteiger partial charge on any atom is 0.227 e. The van der Waals surface area contributed by atoms with Gasteiger partial charge in [0.2, 0.25) is 5.91 Å². The SMILES string of the molecule is CCCN(C(=O)Cc1cccc(C)c1)C1CCC(N)CC1. The molecule has 0 saturated heterocycles. The normalized spacial score (nSPS) is 22.0. The van der Waals surface area contributed by atoms with E-state index < -0.39 is 0 Å². The Bertz CT molecular complexity index is 464. The van der Waals surface area contributed by atoms with Gasteiger partial charge in [-0.3, -0.25) is 4.79 Å². The van der Waals surface area contributed by atoms with Crippen molar-refractivity contribution in [3.8, 4) is 0 Å². The minimum atomic E-state index is 0.267. The zero-order valence-corrected chi connectivity index (χ0v) is 13.3. The highest BCUT2D eigenvalue weighted by Crippen LogP contribution is 2.23.